The molecule has 0 amide bonds. The minimum Gasteiger partial charge on any atom is -0.466 e. The molecule has 0 spiro atoms. The molecule has 0 aliphatic rings. The van der Waals surface area contributed by atoms with E-state index in [0.29, 0.717) is 11.1 Å². The highest BCUT2D eigenvalue weighted by Crippen LogP contribution is 2.27. The fourth-order valence-electron chi connectivity index (χ4n) is 2.43. The van der Waals surface area contributed by atoms with E-state index in [0.717, 1.165) is 5.56 Å². The average Bonchev–Trinajstić information content (AvgIpc) is 2.60. The maximum Gasteiger partial charge on any atom is 0.312 e. The Kier molecular flexibility index (Phi) is 6.05. The number of nitriles is 1. The van der Waals surface area contributed by atoms with Gasteiger partial charge in [0.15, 0.2) is 0 Å². The van der Waals surface area contributed by atoms with Crippen LogP contribution >= 0.6 is 0 Å². The third-order valence-electron chi connectivity index (χ3n) is 3.72. The number of aliphatic hydroxyl groups excluding tert-OH is 1. The maximum atomic E-state index is 13.0. The minimum atomic E-state index is -1.11. The van der Waals surface area contributed by atoms with Crippen molar-refractivity contribution in [1.29, 1.82) is 5.26 Å². The van der Waals surface area contributed by atoms with Gasteiger partial charge in [-0.3, -0.25) is 4.79 Å². The average molecular weight is 327 g/mol. The minimum absolute atomic E-state index is 0.207. The maximum absolute atomic E-state index is 13.0. The van der Waals surface area contributed by atoms with Gasteiger partial charge in [0.2, 0.25) is 0 Å². The van der Waals surface area contributed by atoms with Crippen molar-refractivity contribution >= 4 is 5.97 Å². The van der Waals surface area contributed by atoms with Gasteiger partial charge in [-0.2, -0.15) is 5.26 Å². The lowest BCUT2D eigenvalue weighted by Gasteiger charge is -2.22. The molecule has 0 radical (unpaired) electrons. The zero-order valence-electron chi connectivity index (χ0n) is 13.3. The van der Waals surface area contributed by atoms with Crippen molar-refractivity contribution in [1.82, 2.24) is 0 Å². The first-order chi connectivity index (χ1) is 11.5. The molecule has 0 aliphatic heterocycles. The van der Waals surface area contributed by atoms with E-state index in [4.69, 9.17) is 10.00 Å². The van der Waals surface area contributed by atoms with Gasteiger partial charge in [-0.1, -0.05) is 24.3 Å². The van der Waals surface area contributed by atoms with Gasteiger partial charge in [0.25, 0.3) is 0 Å². The number of carbonyl (C=O) groups is 1. The highest BCUT2D eigenvalue weighted by molar-refractivity contribution is 5.74. The van der Waals surface area contributed by atoms with E-state index in [1.165, 1.54) is 24.3 Å². The molecular formula is C19H18FNO3. The van der Waals surface area contributed by atoms with Crippen LogP contribution in [-0.4, -0.2) is 17.7 Å². The molecule has 0 aromatic heterocycles. The van der Waals surface area contributed by atoms with Gasteiger partial charge in [-0.25, -0.2) is 4.39 Å². The zero-order chi connectivity index (χ0) is 17.5. The SMILES string of the molecule is CCOC(=O)C(Cc1ccc(C#N)cc1)C(O)c1ccc(F)cc1. The predicted octanol–water partition coefficient (Wildman–Crippen LogP) is 3.15. The van der Waals surface area contributed by atoms with Crippen LogP contribution in [0.1, 0.15) is 29.7 Å². The molecule has 124 valence electrons. The van der Waals surface area contributed by atoms with Crippen LogP contribution in [-0.2, 0) is 16.0 Å². The highest BCUT2D eigenvalue weighted by atomic mass is 19.1. The fourth-order valence-corrected chi connectivity index (χ4v) is 2.43. The van der Waals surface area contributed by atoms with Crippen LogP contribution in [0.5, 0.6) is 0 Å². The van der Waals surface area contributed by atoms with E-state index < -0.39 is 23.8 Å². The smallest absolute Gasteiger partial charge is 0.312 e. The Bertz CT molecular complexity index is 720. The first kappa shape index (κ1) is 17.6. The zero-order valence-corrected chi connectivity index (χ0v) is 13.3. The lowest BCUT2D eigenvalue weighted by Crippen LogP contribution is -2.26. The standard InChI is InChI=1S/C19H18FNO3/c1-2-24-19(23)17(11-13-3-5-14(12-21)6-4-13)18(22)15-7-9-16(20)10-8-15/h3-10,17-18,22H,2,11H2,1H3. The van der Waals surface area contributed by atoms with Crippen molar-refractivity contribution < 1.29 is 19.0 Å². The van der Waals surface area contributed by atoms with Gasteiger partial charge < -0.3 is 9.84 Å². The van der Waals surface area contributed by atoms with Crippen molar-refractivity contribution in [2.24, 2.45) is 5.92 Å². The summed E-state index contributed by atoms with van der Waals surface area (Å²) < 4.78 is 18.1. The first-order valence-corrected chi connectivity index (χ1v) is 7.64. The molecule has 0 saturated heterocycles. The molecule has 2 rings (SSSR count). The van der Waals surface area contributed by atoms with Crippen molar-refractivity contribution in [3.8, 4) is 6.07 Å². The number of hydrogen-bond acceptors (Lipinski definition) is 4. The number of halogens is 1. The van der Waals surface area contributed by atoms with Gasteiger partial charge >= 0.3 is 5.97 Å². The van der Waals surface area contributed by atoms with Crippen LogP contribution in [0.2, 0.25) is 0 Å². The van der Waals surface area contributed by atoms with Crippen LogP contribution in [0.4, 0.5) is 4.39 Å². The fraction of sp³-hybridized carbons (Fsp3) is 0.263. The van der Waals surface area contributed by atoms with E-state index in [9.17, 15) is 14.3 Å². The number of benzene rings is 2. The van der Waals surface area contributed by atoms with Crippen LogP contribution in [0.3, 0.4) is 0 Å². The van der Waals surface area contributed by atoms with Crippen LogP contribution in [0, 0.1) is 23.1 Å². The summed E-state index contributed by atoms with van der Waals surface area (Å²) in [5.41, 5.74) is 1.77. The molecule has 2 atom stereocenters. The molecule has 2 aromatic rings. The topological polar surface area (TPSA) is 70.3 Å². The second kappa shape index (κ2) is 8.23. The van der Waals surface area contributed by atoms with Crippen molar-refractivity contribution in [2.45, 2.75) is 19.4 Å². The molecule has 2 aromatic carbocycles. The third-order valence-corrected chi connectivity index (χ3v) is 3.72. The van der Waals surface area contributed by atoms with Crippen molar-refractivity contribution in [3.63, 3.8) is 0 Å². The molecule has 0 heterocycles. The predicted molar refractivity (Wildman–Crippen MR) is 86.3 cm³/mol. The summed E-state index contributed by atoms with van der Waals surface area (Å²) in [5, 5.41) is 19.4. The van der Waals surface area contributed by atoms with E-state index in [-0.39, 0.29) is 13.0 Å². The number of ether oxygens (including phenoxy) is 1. The number of rotatable bonds is 6. The normalized spacial score (nSPS) is 12.9. The van der Waals surface area contributed by atoms with Crippen molar-refractivity contribution in [2.75, 3.05) is 6.61 Å². The Balaban J connectivity index is 2.24. The Morgan fingerprint density at radius 3 is 2.38 bits per heavy atom. The summed E-state index contributed by atoms with van der Waals surface area (Å²) in [7, 11) is 0. The van der Waals surface area contributed by atoms with Gasteiger partial charge in [-0.05, 0) is 48.7 Å². The molecule has 24 heavy (non-hydrogen) atoms. The number of nitrogens with zero attached hydrogens (tertiary/aromatic N) is 1. The van der Waals surface area contributed by atoms with Gasteiger partial charge in [0.05, 0.1) is 30.3 Å². The Morgan fingerprint density at radius 1 is 1.21 bits per heavy atom. The van der Waals surface area contributed by atoms with Gasteiger partial charge in [-0.15, -0.1) is 0 Å². The molecule has 0 aliphatic carbocycles. The third kappa shape index (κ3) is 4.40. The Morgan fingerprint density at radius 2 is 1.83 bits per heavy atom. The number of esters is 1. The van der Waals surface area contributed by atoms with Gasteiger partial charge in [0, 0.05) is 0 Å². The summed E-state index contributed by atoms with van der Waals surface area (Å²) in [6, 6.07) is 14.2. The largest absolute Gasteiger partial charge is 0.466 e. The van der Waals surface area contributed by atoms with E-state index in [1.54, 1.807) is 31.2 Å². The monoisotopic (exact) mass is 327 g/mol. The summed E-state index contributed by atoms with van der Waals surface area (Å²) in [5.74, 6) is -1.74. The molecule has 0 bridgehead atoms. The first-order valence-electron chi connectivity index (χ1n) is 7.64. The second-order valence-electron chi connectivity index (χ2n) is 5.37. The summed E-state index contributed by atoms with van der Waals surface area (Å²) in [6.07, 6.45) is -0.858. The summed E-state index contributed by atoms with van der Waals surface area (Å²) >= 11 is 0. The molecular weight excluding hydrogens is 309 g/mol. The molecule has 5 heteroatoms. The Labute approximate surface area is 140 Å². The van der Waals surface area contributed by atoms with Crippen LogP contribution in [0.15, 0.2) is 48.5 Å². The number of hydrogen-bond donors (Lipinski definition) is 1. The molecule has 4 nitrogen and oxygen atoms in total. The molecule has 2 unspecified atom stereocenters. The molecule has 0 fully saturated rings. The summed E-state index contributed by atoms with van der Waals surface area (Å²) in [6.45, 7) is 1.90. The second-order valence-corrected chi connectivity index (χ2v) is 5.37. The molecule has 0 saturated carbocycles. The molecule has 1 N–H and O–H groups in total. The Hall–Kier alpha value is -2.71. The number of carbonyl (C=O) groups excluding carboxylic acids is 1. The van der Waals surface area contributed by atoms with Crippen LogP contribution < -0.4 is 0 Å². The quantitative estimate of drug-likeness (QED) is 0.828. The lowest BCUT2D eigenvalue weighted by molar-refractivity contribution is -0.152. The number of aliphatic hydroxyl groups is 1. The lowest BCUT2D eigenvalue weighted by atomic mass is 9.89. The van der Waals surface area contributed by atoms with Crippen molar-refractivity contribution in [3.05, 3.63) is 71.0 Å². The van der Waals surface area contributed by atoms with Gasteiger partial charge in [0.1, 0.15) is 5.82 Å². The van der Waals surface area contributed by atoms with E-state index in [1.807, 2.05) is 6.07 Å². The van der Waals surface area contributed by atoms with E-state index in [2.05, 4.69) is 0 Å². The summed E-state index contributed by atoms with van der Waals surface area (Å²) in [4.78, 5) is 12.2. The van der Waals surface area contributed by atoms with E-state index >= 15 is 0 Å². The highest BCUT2D eigenvalue weighted by Gasteiger charge is 2.29. The van der Waals surface area contributed by atoms with Crippen LogP contribution in [0.25, 0.3) is 0 Å².